The number of nitrogens with one attached hydrogen (secondary N) is 1. The number of alkyl carbamates (subject to hydrolysis) is 1. The third-order valence-electron chi connectivity index (χ3n) is 3.67. The molecular formula is C14H26N2O4. The summed E-state index contributed by atoms with van der Waals surface area (Å²) in [4.78, 5) is 24.4. The second-order valence-corrected chi connectivity index (χ2v) is 5.61. The number of hydrogen-bond acceptors (Lipinski definition) is 4. The van der Waals surface area contributed by atoms with Gasteiger partial charge in [0.1, 0.15) is 6.54 Å². The van der Waals surface area contributed by atoms with Gasteiger partial charge < -0.3 is 20.1 Å². The van der Waals surface area contributed by atoms with Crippen LogP contribution in [0.2, 0.25) is 0 Å². The molecule has 1 aliphatic carbocycles. The molecule has 0 unspecified atom stereocenters. The minimum atomic E-state index is -0.612. The molecule has 1 saturated heterocycles. The molecule has 1 saturated carbocycles. The smallest absolute Gasteiger partial charge is 0.407 e. The first kappa shape index (κ1) is 16.8. The quantitative estimate of drug-likeness (QED) is 0.815. The van der Waals surface area contributed by atoms with Gasteiger partial charge in [0.05, 0.1) is 19.8 Å². The van der Waals surface area contributed by atoms with Crippen molar-refractivity contribution in [2.24, 2.45) is 5.41 Å². The lowest BCUT2D eigenvalue weighted by Gasteiger charge is -2.22. The average molecular weight is 286 g/mol. The number of carbonyl (C=O) groups excluding carboxylic acids is 2. The average Bonchev–Trinajstić information content (AvgIpc) is 3.08. The third kappa shape index (κ3) is 4.37. The molecule has 1 aliphatic heterocycles. The molecule has 1 heterocycles. The van der Waals surface area contributed by atoms with E-state index in [4.69, 9.17) is 0 Å². The lowest BCUT2D eigenvalue weighted by Crippen LogP contribution is -2.44. The SMILES string of the molecule is CCC.COC(=O)NCC(=O)N1CC2(CC2)C[C@H]1CO. The van der Waals surface area contributed by atoms with Crippen LogP contribution in [0.1, 0.15) is 39.5 Å². The van der Waals surface area contributed by atoms with Crippen LogP contribution >= 0.6 is 0 Å². The van der Waals surface area contributed by atoms with Crippen molar-refractivity contribution in [3.8, 4) is 0 Å². The summed E-state index contributed by atoms with van der Waals surface area (Å²) in [5.74, 6) is -0.154. The minimum absolute atomic E-state index is 0.00822. The van der Waals surface area contributed by atoms with Gasteiger partial charge in [0.2, 0.25) is 5.91 Å². The summed E-state index contributed by atoms with van der Waals surface area (Å²) in [7, 11) is 1.26. The molecule has 0 aromatic heterocycles. The number of methoxy groups -OCH3 is 1. The summed E-state index contributed by atoms with van der Waals surface area (Å²) >= 11 is 0. The van der Waals surface area contributed by atoms with Crippen molar-refractivity contribution in [2.45, 2.75) is 45.6 Å². The number of carbonyl (C=O) groups is 2. The van der Waals surface area contributed by atoms with Crippen molar-refractivity contribution < 1.29 is 19.4 Å². The first-order chi connectivity index (χ1) is 9.51. The van der Waals surface area contributed by atoms with Gasteiger partial charge in [-0.05, 0) is 24.7 Å². The van der Waals surface area contributed by atoms with Crippen LogP contribution in [-0.4, -0.2) is 54.9 Å². The number of aliphatic hydroxyl groups excluding tert-OH is 1. The van der Waals surface area contributed by atoms with E-state index in [0.717, 1.165) is 19.3 Å². The van der Waals surface area contributed by atoms with Crippen LogP contribution in [0, 0.1) is 5.41 Å². The number of ether oxygens (including phenoxy) is 1. The summed E-state index contributed by atoms with van der Waals surface area (Å²) in [6.45, 7) is 4.88. The molecule has 0 bridgehead atoms. The van der Waals surface area contributed by atoms with Crippen molar-refractivity contribution in [3.05, 3.63) is 0 Å². The number of rotatable bonds is 3. The number of likely N-dealkylation sites (tertiary alicyclic amines) is 1. The van der Waals surface area contributed by atoms with Gasteiger partial charge in [-0.1, -0.05) is 20.3 Å². The Morgan fingerprint density at radius 1 is 1.40 bits per heavy atom. The van der Waals surface area contributed by atoms with Gasteiger partial charge in [0, 0.05) is 6.54 Å². The van der Waals surface area contributed by atoms with Crippen molar-refractivity contribution in [2.75, 3.05) is 26.8 Å². The fraction of sp³-hybridized carbons (Fsp3) is 0.857. The van der Waals surface area contributed by atoms with Crippen LogP contribution in [0.5, 0.6) is 0 Å². The maximum Gasteiger partial charge on any atom is 0.407 e. The van der Waals surface area contributed by atoms with Crippen molar-refractivity contribution in [1.29, 1.82) is 0 Å². The normalized spacial score (nSPS) is 22.0. The van der Waals surface area contributed by atoms with E-state index in [9.17, 15) is 14.7 Å². The molecule has 2 amide bonds. The number of hydrogen-bond donors (Lipinski definition) is 2. The highest BCUT2D eigenvalue weighted by molar-refractivity contribution is 5.82. The number of amides is 2. The van der Waals surface area contributed by atoms with E-state index in [1.54, 1.807) is 4.90 Å². The first-order valence-corrected chi connectivity index (χ1v) is 7.24. The van der Waals surface area contributed by atoms with Gasteiger partial charge in [-0.15, -0.1) is 0 Å². The second kappa shape index (κ2) is 7.47. The van der Waals surface area contributed by atoms with E-state index in [2.05, 4.69) is 23.9 Å². The zero-order chi connectivity index (χ0) is 15.2. The van der Waals surface area contributed by atoms with Gasteiger partial charge in [-0.2, -0.15) is 0 Å². The van der Waals surface area contributed by atoms with Crippen LogP contribution in [0.25, 0.3) is 0 Å². The molecule has 2 fully saturated rings. The number of nitrogens with zero attached hydrogens (tertiary/aromatic N) is 1. The fourth-order valence-corrected chi connectivity index (χ4v) is 2.48. The Morgan fingerprint density at radius 3 is 2.45 bits per heavy atom. The minimum Gasteiger partial charge on any atom is -0.453 e. The molecule has 1 spiro atoms. The predicted octanol–water partition coefficient (Wildman–Crippen LogP) is 1.13. The molecule has 2 aliphatic rings. The molecule has 2 N–H and O–H groups in total. The molecule has 2 rings (SSSR count). The maximum atomic E-state index is 11.9. The van der Waals surface area contributed by atoms with Crippen LogP contribution in [0.4, 0.5) is 4.79 Å². The summed E-state index contributed by atoms with van der Waals surface area (Å²) in [5.41, 5.74) is 0.258. The predicted molar refractivity (Wildman–Crippen MR) is 75.2 cm³/mol. The lowest BCUT2D eigenvalue weighted by atomic mass is 10.0. The van der Waals surface area contributed by atoms with Crippen LogP contribution in [-0.2, 0) is 9.53 Å². The standard InChI is InChI=1S/C11H18N2O4.C3H8/c1-17-10(16)12-5-9(15)13-7-11(2-3-11)4-8(13)6-14;1-3-2/h8,14H,2-7H2,1H3,(H,12,16);3H2,1-2H3/t8-;/m0./s1. The molecular weight excluding hydrogens is 260 g/mol. The van der Waals surface area contributed by atoms with Crippen LogP contribution < -0.4 is 5.32 Å². The molecule has 6 nitrogen and oxygen atoms in total. The third-order valence-corrected chi connectivity index (χ3v) is 3.67. The van der Waals surface area contributed by atoms with E-state index in [0.29, 0.717) is 6.54 Å². The Morgan fingerprint density at radius 2 is 2.00 bits per heavy atom. The summed E-state index contributed by atoms with van der Waals surface area (Å²) < 4.78 is 4.40. The Bertz CT molecular complexity index is 342. The van der Waals surface area contributed by atoms with Gasteiger partial charge in [-0.25, -0.2) is 4.79 Å². The van der Waals surface area contributed by atoms with E-state index < -0.39 is 6.09 Å². The van der Waals surface area contributed by atoms with Gasteiger partial charge in [0.25, 0.3) is 0 Å². The highest BCUT2D eigenvalue weighted by atomic mass is 16.5. The highest BCUT2D eigenvalue weighted by Crippen LogP contribution is 2.54. The molecule has 1 atom stereocenters. The largest absolute Gasteiger partial charge is 0.453 e. The van der Waals surface area contributed by atoms with Crippen molar-refractivity contribution in [3.63, 3.8) is 0 Å². The number of aliphatic hydroxyl groups is 1. The molecule has 116 valence electrons. The van der Waals surface area contributed by atoms with E-state index in [1.165, 1.54) is 13.5 Å². The Balaban J connectivity index is 0.000000612. The fourth-order valence-electron chi connectivity index (χ4n) is 2.48. The van der Waals surface area contributed by atoms with Gasteiger partial charge in [-0.3, -0.25) is 4.79 Å². The maximum absolute atomic E-state index is 11.9. The summed E-state index contributed by atoms with van der Waals surface area (Å²) in [5, 5.41) is 11.6. The monoisotopic (exact) mass is 286 g/mol. The summed E-state index contributed by atoms with van der Waals surface area (Å²) in [6, 6.07) is -0.0931. The summed E-state index contributed by atoms with van der Waals surface area (Å²) in [6.07, 6.45) is 3.79. The van der Waals surface area contributed by atoms with Gasteiger partial charge >= 0.3 is 6.09 Å². The second-order valence-electron chi connectivity index (χ2n) is 5.61. The Labute approximate surface area is 120 Å². The lowest BCUT2D eigenvalue weighted by molar-refractivity contribution is -0.131. The van der Waals surface area contributed by atoms with Gasteiger partial charge in [0.15, 0.2) is 0 Å². The van der Waals surface area contributed by atoms with Crippen LogP contribution in [0.15, 0.2) is 0 Å². The Kier molecular flexibility index (Phi) is 6.26. The molecule has 6 heteroatoms. The molecule has 20 heavy (non-hydrogen) atoms. The van der Waals surface area contributed by atoms with Crippen molar-refractivity contribution >= 4 is 12.0 Å². The zero-order valence-corrected chi connectivity index (χ0v) is 12.6. The Hall–Kier alpha value is -1.30. The molecule has 0 radical (unpaired) electrons. The van der Waals surface area contributed by atoms with Crippen molar-refractivity contribution in [1.82, 2.24) is 10.2 Å². The van der Waals surface area contributed by atoms with E-state index in [1.807, 2.05) is 0 Å². The van der Waals surface area contributed by atoms with Crippen LogP contribution in [0.3, 0.4) is 0 Å². The molecule has 0 aromatic rings. The topological polar surface area (TPSA) is 78.9 Å². The molecule has 0 aromatic carbocycles. The van der Waals surface area contributed by atoms with E-state index in [-0.39, 0.29) is 30.5 Å². The first-order valence-electron chi connectivity index (χ1n) is 7.24. The highest BCUT2D eigenvalue weighted by Gasteiger charge is 2.52. The van der Waals surface area contributed by atoms with E-state index >= 15 is 0 Å². The zero-order valence-electron chi connectivity index (χ0n) is 12.6.